The van der Waals surface area contributed by atoms with E-state index in [4.69, 9.17) is 24.5 Å². The number of rotatable bonds is 5. The number of ether oxygens (including phenoxy) is 1. The fraction of sp³-hybridized carbons (Fsp3) is 0.500. The molecule has 216 valence electrons. The number of carbonyl (C=O) groups excluding carboxylic acids is 1. The van der Waals surface area contributed by atoms with Gasteiger partial charge in [0.1, 0.15) is 0 Å². The molecule has 3 N–H and O–H groups in total. The summed E-state index contributed by atoms with van der Waals surface area (Å²) < 4.78 is 71.0. The fourth-order valence-electron chi connectivity index (χ4n) is 3.94. The van der Waals surface area contributed by atoms with Crippen LogP contribution in [0.1, 0.15) is 11.3 Å². The first-order valence-electron chi connectivity index (χ1n) is 11.1. The van der Waals surface area contributed by atoms with Crippen LogP contribution in [0.5, 0.6) is 0 Å². The summed E-state index contributed by atoms with van der Waals surface area (Å²) in [6.45, 7) is 4.03. The first kappa shape index (κ1) is 31.5. The molecule has 11 nitrogen and oxygen atoms in total. The zero-order valence-corrected chi connectivity index (χ0v) is 20.4. The molecule has 2 aromatic rings. The van der Waals surface area contributed by atoms with Gasteiger partial charge in [0.15, 0.2) is 0 Å². The molecule has 0 bridgehead atoms. The largest absolute Gasteiger partial charge is 0.490 e. The van der Waals surface area contributed by atoms with Crippen molar-refractivity contribution in [2.45, 2.75) is 25.4 Å². The normalized spacial score (nSPS) is 20.6. The van der Waals surface area contributed by atoms with Gasteiger partial charge in [-0.15, -0.1) is 0 Å². The number of nitrogens with zero attached hydrogens (tertiary/aromatic N) is 4. The SMILES string of the molecule is Cn1cc(CN2C[C@@H]3COC[C@]3(C(=O)NCc3ccccn3)C2)cn1.O=C(O)C(F)(F)F.O=C(O)C(F)(F)F. The van der Waals surface area contributed by atoms with Gasteiger partial charge < -0.3 is 20.3 Å². The number of fused-ring (bicyclic) bond motifs is 1. The van der Waals surface area contributed by atoms with Crippen LogP contribution in [0.3, 0.4) is 0 Å². The summed E-state index contributed by atoms with van der Waals surface area (Å²) in [5, 5.41) is 21.5. The van der Waals surface area contributed by atoms with Crippen molar-refractivity contribution < 1.29 is 55.7 Å². The van der Waals surface area contributed by atoms with Crippen LogP contribution in [-0.4, -0.2) is 86.4 Å². The Kier molecular flexibility index (Phi) is 10.4. The van der Waals surface area contributed by atoms with E-state index in [0.717, 1.165) is 25.3 Å². The van der Waals surface area contributed by atoms with E-state index in [0.29, 0.717) is 19.8 Å². The van der Waals surface area contributed by atoms with Crippen molar-refractivity contribution >= 4 is 17.8 Å². The third-order valence-electron chi connectivity index (χ3n) is 5.70. The highest BCUT2D eigenvalue weighted by atomic mass is 19.4. The first-order valence-corrected chi connectivity index (χ1v) is 11.1. The van der Waals surface area contributed by atoms with E-state index in [9.17, 15) is 31.1 Å². The van der Waals surface area contributed by atoms with E-state index in [1.54, 1.807) is 6.20 Å². The fourth-order valence-corrected chi connectivity index (χ4v) is 3.94. The predicted molar refractivity (Wildman–Crippen MR) is 119 cm³/mol. The Bertz CT molecular complexity index is 1100. The van der Waals surface area contributed by atoms with Crippen molar-refractivity contribution in [2.75, 3.05) is 26.3 Å². The maximum Gasteiger partial charge on any atom is 0.490 e. The predicted octanol–water partition coefficient (Wildman–Crippen LogP) is 1.85. The van der Waals surface area contributed by atoms with E-state index >= 15 is 0 Å². The molecule has 2 atom stereocenters. The number of amides is 1. The lowest BCUT2D eigenvalue weighted by Gasteiger charge is -2.26. The van der Waals surface area contributed by atoms with Crippen LogP contribution in [0.25, 0.3) is 0 Å². The number of carboxylic acid groups (broad SMARTS) is 2. The molecule has 39 heavy (non-hydrogen) atoms. The minimum absolute atomic E-state index is 0.0781. The van der Waals surface area contributed by atoms with Gasteiger partial charge in [-0.05, 0) is 12.1 Å². The molecular formula is C22H25F6N5O6. The lowest BCUT2D eigenvalue weighted by Crippen LogP contribution is -2.46. The standard InChI is InChI=1S/C18H23N5O2.2C2HF3O2/c1-22-8-14(6-21-22)9-23-10-15-11-25-13-18(15,12-23)17(24)20-7-16-4-2-3-5-19-16;2*3-2(4,5)1(6)7/h2-6,8,15H,7,9-13H2,1H3,(H,20,24);2*(H,6,7)/t15-,18-;;/m1../s1. The lowest BCUT2D eigenvalue weighted by molar-refractivity contribution is -0.193. The van der Waals surface area contributed by atoms with Crippen LogP contribution < -0.4 is 5.32 Å². The zero-order chi connectivity index (χ0) is 29.4. The Morgan fingerprint density at radius 1 is 1.13 bits per heavy atom. The average molecular weight is 569 g/mol. The number of alkyl halides is 6. The molecule has 0 aromatic carbocycles. The van der Waals surface area contributed by atoms with Crippen LogP contribution in [-0.2, 0) is 39.3 Å². The smallest absolute Gasteiger partial charge is 0.475 e. The third kappa shape index (κ3) is 9.20. The van der Waals surface area contributed by atoms with Gasteiger partial charge in [0.25, 0.3) is 0 Å². The molecule has 2 aromatic heterocycles. The highest BCUT2D eigenvalue weighted by molar-refractivity contribution is 5.84. The molecule has 2 aliphatic heterocycles. The monoisotopic (exact) mass is 569 g/mol. The quantitative estimate of drug-likeness (QED) is 0.459. The van der Waals surface area contributed by atoms with E-state index < -0.39 is 29.7 Å². The number of carbonyl (C=O) groups is 3. The molecule has 4 heterocycles. The van der Waals surface area contributed by atoms with E-state index in [-0.39, 0.29) is 11.8 Å². The van der Waals surface area contributed by atoms with Crippen molar-refractivity contribution in [1.29, 1.82) is 0 Å². The molecule has 0 aliphatic carbocycles. The maximum atomic E-state index is 13.0. The molecule has 0 unspecified atom stereocenters. The number of aliphatic carboxylic acids is 2. The summed E-state index contributed by atoms with van der Waals surface area (Å²) in [7, 11) is 1.92. The van der Waals surface area contributed by atoms with Crippen LogP contribution >= 0.6 is 0 Å². The minimum Gasteiger partial charge on any atom is -0.475 e. The van der Waals surface area contributed by atoms with Crippen molar-refractivity contribution in [1.82, 2.24) is 25.0 Å². The van der Waals surface area contributed by atoms with E-state index in [1.165, 1.54) is 5.56 Å². The number of halogens is 6. The summed E-state index contributed by atoms with van der Waals surface area (Å²) in [6, 6.07) is 5.72. The van der Waals surface area contributed by atoms with Crippen molar-refractivity contribution in [2.24, 2.45) is 18.4 Å². The molecule has 2 fully saturated rings. The topological polar surface area (TPSA) is 147 Å². The number of likely N-dealkylation sites (tertiary alicyclic amines) is 1. The Hall–Kier alpha value is -3.73. The van der Waals surface area contributed by atoms with Gasteiger partial charge >= 0.3 is 24.3 Å². The molecule has 0 radical (unpaired) electrons. The van der Waals surface area contributed by atoms with Gasteiger partial charge in [0.2, 0.25) is 5.91 Å². The van der Waals surface area contributed by atoms with Crippen LogP contribution in [0, 0.1) is 11.3 Å². The van der Waals surface area contributed by atoms with Crippen molar-refractivity contribution in [3.05, 3.63) is 48.0 Å². The summed E-state index contributed by atoms with van der Waals surface area (Å²) in [4.78, 5) is 37.4. The van der Waals surface area contributed by atoms with Crippen LogP contribution in [0.15, 0.2) is 36.8 Å². The number of aromatic nitrogens is 3. The summed E-state index contributed by atoms with van der Waals surface area (Å²) >= 11 is 0. The van der Waals surface area contributed by atoms with Crippen LogP contribution in [0.4, 0.5) is 26.3 Å². The van der Waals surface area contributed by atoms with Crippen molar-refractivity contribution in [3.63, 3.8) is 0 Å². The van der Waals surface area contributed by atoms with Gasteiger partial charge in [-0.2, -0.15) is 31.4 Å². The number of hydrogen-bond acceptors (Lipinski definition) is 7. The number of pyridine rings is 1. The number of carboxylic acids is 2. The van der Waals surface area contributed by atoms with Gasteiger partial charge in [-0.25, -0.2) is 9.59 Å². The summed E-state index contributed by atoms with van der Waals surface area (Å²) in [5.41, 5.74) is 1.59. The highest BCUT2D eigenvalue weighted by Gasteiger charge is 2.55. The van der Waals surface area contributed by atoms with Gasteiger partial charge in [-0.3, -0.25) is 19.4 Å². The van der Waals surface area contributed by atoms with E-state index in [2.05, 4.69) is 20.3 Å². The number of aryl methyl sites for hydroxylation is 1. The molecule has 0 saturated carbocycles. The molecule has 1 amide bonds. The summed E-state index contributed by atoms with van der Waals surface area (Å²) in [6.07, 6.45) is -4.51. The number of nitrogens with one attached hydrogen (secondary N) is 1. The Morgan fingerprint density at radius 3 is 2.23 bits per heavy atom. The third-order valence-corrected chi connectivity index (χ3v) is 5.70. The number of hydrogen-bond donors (Lipinski definition) is 3. The van der Waals surface area contributed by atoms with Gasteiger partial charge in [0.05, 0.1) is 37.1 Å². The Labute approximate surface area is 217 Å². The zero-order valence-electron chi connectivity index (χ0n) is 20.4. The van der Waals surface area contributed by atoms with Crippen molar-refractivity contribution in [3.8, 4) is 0 Å². The molecule has 2 aliphatic rings. The Balaban J connectivity index is 0.000000317. The minimum atomic E-state index is -5.08. The first-order chi connectivity index (χ1) is 18.0. The lowest BCUT2D eigenvalue weighted by atomic mass is 9.80. The Morgan fingerprint density at radius 2 is 1.74 bits per heavy atom. The second-order valence-corrected chi connectivity index (χ2v) is 8.67. The molecule has 2 saturated heterocycles. The second-order valence-electron chi connectivity index (χ2n) is 8.67. The van der Waals surface area contributed by atoms with Gasteiger partial charge in [-0.1, -0.05) is 6.07 Å². The molecular weight excluding hydrogens is 544 g/mol. The average Bonchev–Trinajstić information content (AvgIpc) is 3.52. The highest BCUT2D eigenvalue weighted by Crippen LogP contribution is 2.42. The second kappa shape index (κ2) is 12.9. The molecule has 17 heteroatoms. The molecule has 0 spiro atoms. The summed E-state index contributed by atoms with van der Waals surface area (Å²) in [5.74, 6) is -5.19. The maximum absolute atomic E-state index is 13.0. The van der Waals surface area contributed by atoms with E-state index in [1.807, 2.05) is 42.3 Å². The van der Waals surface area contributed by atoms with Gasteiger partial charge in [0, 0.05) is 50.6 Å². The van der Waals surface area contributed by atoms with Crippen LogP contribution in [0.2, 0.25) is 0 Å². The molecule has 4 rings (SSSR count).